The van der Waals surface area contributed by atoms with E-state index in [-0.39, 0.29) is 6.04 Å². The molecule has 0 aliphatic carbocycles. The van der Waals surface area contributed by atoms with Crippen LogP contribution >= 0.6 is 0 Å². The molecule has 0 aliphatic heterocycles. The molecule has 15 heavy (non-hydrogen) atoms. The fraction of sp³-hybridized carbons (Fsp3) is 0.636. The molecule has 1 unspecified atom stereocenters. The summed E-state index contributed by atoms with van der Waals surface area (Å²) in [6, 6.07) is 0.275. The Morgan fingerprint density at radius 2 is 2.13 bits per heavy atom. The third-order valence-electron chi connectivity index (χ3n) is 2.54. The first kappa shape index (κ1) is 11.9. The normalized spacial score (nSPS) is 12.5. The smallest absolute Gasteiger partial charge is 0.144 e. The van der Waals surface area contributed by atoms with Gasteiger partial charge in [-0.15, -0.1) is 0 Å². The van der Waals surface area contributed by atoms with Gasteiger partial charge >= 0.3 is 0 Å². The lowest BCUT2D eigenvalue weighted by Gasteiger charge is -2.10. The van der Waals surface area contributed by atoms with Crippen molar-refractivity contribution in [2.75, 3.05) is 11.9 Å². The van der Waals surface area contributed by atoms with Gasteiger partial charge in [0.05, 0.1) is 17.6 Å². The maximum absolute atomic E-state index is 5.82. The number of nitrogens with two attached hydrogens (primary N) is 1. The molecule has 1 heterocycles. The first-order valence-corrected chi connectivity index (χ1v) is 5.43. The van der Waals surface area contributed by atoms with Crippen LogP contribution in [0.1, 0.15) is 31.2 Å². The van der Waals surface area contributed by atoms with E-state index in [2.05, 4.69) is 22.2 Å². The van der Waals surface area contributed by atoms with Gasteiger partial charge < -0.3 is 11.1 Å². The quantitative estimate of drug-likeness (QED) is 0.772. The van der Waals surface area contributed by atoms with Crippen LogP contribution in [0, 0.1) is 13.8 Å². The lowest BCUT2D eigenvalue weighted by molar-refractivity contribution is 0.613. The lowest BCUT2D eigenvalue weighted by atomic mass is 10.2. The Morgan fingerprint density at radius 3 is 2.73 bits per heavy atom. The standard InChI is InChI=1S/C11H20N4/c1-4-10(12)5-6-13-11-7-14-8(2)9(3)15-11/h7,10H,4-6,12H2,1-3H3,(H,13,15). The highest BCUT2D eigenvalue weighted by Crippen LogP contribution is 2.05. The van der Waals surface area contributed by atoms with Gasteiger partial charge in [0.1, 0.15) is 5.82 Å². The van der Waals surface area contributed by atoms with Crippen molar-refractivity contribution in [2.45, 2.75) is 39.7 Å². The maximum atomic E-state index is 5.82. The van der Waals surface area contributed by atoms with Crippen molar-refractivity contribution < 1.29 is 0 Å². The number of nitrogens with zero attached hydrogens (tertiary/aromatic N) is 2. The van der Waals surface area contributed by atoms with Crippen molar-refractivity contribution in [1.82, 2.24) is 9.97 Å². The molecule has 0 saturated carbocycles. The zero-order chi connectivity index (χ0) is 11.3. The number of aryl methyl sites for hydroxylation is 2. The van der Waals surface area contributed by atoms with Crippen molar-refractivity contribution in [3.05, 3.63) is 17.6 Å². The summed E-state index contributed by atoms with van der Waals surface area (Å²) < 4.78 is 0. The van der Waals surface area contributed by atoms with Crippen molar-refractivity contribution in [1.29, 1.82) is 0 Å². The number of hydrogen-bond acceptors (Lipinski definition) is 4. The topological polar surface area (TPSA) is 63.8 Å². The van der Waals surface area contributed by atoms with Crippen LogP contribution in [0.25, 0.3) is 0 Å². The molecule has 0 spiro atoms. The highest BCUT2D eigenvalue weighted by Gasteiger charge is 2.01. The SMILES string of the molecule is CCC(N)CCNc1cnc(C)c(C)n1. The first-order valence-electron chi connectivity index (χ1n) is 5.43. The molecule has 0 fully saturated rings. The van der Waals surface area contributed by atoms with Crippen molar-refractivity contribution in [2.24, 2.45) is 5.73 Å². The van der Waals surface area contributed by atoms with Crippen molar-refractivity contribution in [3.63, 3.8) is 0 Å². The molecule has 1 aromatic heterocycles. The molecular formula is C11H20N4. The Morgan fingerprint density at radius 1 is 1.40 bits per heavy atom. The summed E-state index contributed by atoms with van der Waals surface area (Å²) in [6.07, 6.45) is 3.74. The predicted molar refractivity (Wildman–Crippen MR) is 62.9 cm³/mol. The number of hydrogen-bond donors (Lipinski definition) is 2. The largest absolute Gasteiger partial charge is 0.369 e. The summed E-state index contributed by atoms with van der Waals surface area (Å²) >= 11 is 0. The van der Waals surface area contributed by atoms with E-state index in [1.807, 2.05) is 13.8 Å². The second-order valence-corrected chi connectivity index (χ2v) is 3.81. The van der Waals surface area contributed by atoms with Gasteiger partial charge in [0.15, 0.2) is 0 Å². The van der Waals surface area contributed by atoms with Crippen LogP contribution in [0.3, 0.4) is 0 Å². The molecule has 0 bridgehead atoms. The van der Waals surface area contributed by atoms with Crippen LogP contribution < -0.4 is 11.1 Å². The molecule has 4 heteroatoms. The van der Waals surface area contributed by atoms with Crippen molar-refractivity contribution >= 4 is 5.82 Å². The van der Waals surface area contributed by atoms with Crippen LogP contribution in [0.2, 0.25) is 0 Å². The predicted octanol–water partition coefficient (Wildman–Crippen LogP) is 1.63. The van der Waals surface area contributed by atoms with Gasteiger partial charge in [-0.25, -0.2) is 4.98 Å². The Bertz CT molecular complexity index is 311. The lowest BCUT2D eigenvalue weighted by Crippen LogP contribution is -2.22. The van der Waals surface area contributed by atoms with Crippen LogP contribution in [0.5, 0.6) is 0 Å². The van der Waals surface area contributed by atoms with E-state index < -0.39 is 0 Å². The average Bonchev–Trinajstić information content (AvgIpc) is 2.23. The monoisotopic (exact) mass is 208 g/mol. The summed E-state index contributed by atoms with van der Waals surface area (Å²) in [6.45, 7) is 6.87. The van der Waals surface area contributed by atoms with Gasteiger partial charge in [-0.2, -0.15) is 0 Å². The third kappa shape index (κ3) is 3.83. The van der Waals surface area contributed by atoms with E-state index >= 15 is 0 Å². The molecule has 4 nitrogen and oxygen atoms in total. The van der Waals surface area contributed by atoms with Gasteiger partial charge in [-0.05, 0) is 26.7 Å². The summed E-state index contributed by atoms with van der Waals surface area (Å²) in [5.74, 6) is 0.835. The van der Waals surface area contributed by atoms with Crippen molar-refractivity contribution in [3.8, 4) is 0 Å². The summed E-state index contributed by atoms with van der Waals surface area (Å²) in [5, 5.41) is 3.22. The zero-order valence-corrected chi connectivity index (χ0v) is 9.75. The number of nitrogens with one attached hydrogen (secondary N) is 1. The first-order chi connectivity index (χ1) is 7.13. The molecule has 1 rings (SSSR count). The molecule has 0 radical (unpaired) electrons. The molecular weight excluding hydrogens is 188 g/mol. The Kier molecular flexibility index (Phi) is 4.49. The second-order valence-electron chi connectivity index (χ2n) is 3.81. The van der Waals surface area contributed by atoms with Crippen LogP contribution in [-0.4, -0.2) is 22.6 Å². The molecule has 0 aromatic carbocycles. The van der Waals surface area contributed by atoms with E-state index in [1.165, 1.54) is 0 Å². The number of aromatic nitrogens is 2. The van der Waals surface area contributed by atoms with Gasteiger partial charge in [0, 0.05) is 12.6 Å². The Balaban J connectivity index is 2.41. The van der Waals surface area contributed by atoms with Gasteiger partial charge in [-0.3, -0.25) is 4.98 Å². The second kappa shape index (κ2) is 5.66. The molecule has 0 aliphatic rings. The maximum Gasteiger partial charge on any atom is 0.144 e. The number of rotatable bonds is 5. The number of anilines is 1. The van der Waals surface area contributed by atoms with Crippen LogP contribution in [-0.2, 0) is 0 Å². The van der Waals surface area contributed by atoms with E-state index in [0.29, 0.717) is 0 Å². The summed E-state index contributed by atoms with van der Waals surface area (Å²) in [5.41, 5.74) is 7.76. The van der Waals surface area contributed by atoms with Crippen LogP contribution in [0.4, 0.5) is 5.82 Å². The summed E-state index contributed by atoms with van der Waals surface area (Å²) in [4.78, 5) is 8.62. The third-order valence-corrected chi connectivity index (χ3v) is 2.54. The fourth-order valence-electron chi connectivity index (χ4n) is 1.22. The van der Waals surface area contributed by atoms with E-state index in [0.717, 1.165) is 36.6 Å². The van der Waals surface area contributed by atoms with E-state index in [4.69, 9.17) is 5.73 Å². The minimum Gasteiger partial charge on any atom is -0.369 e. The summed E-state index contributed by atoms with van der Waals surface area (Å²) in [7, 11) is 0. The Labute approximate surface area is 91.3 Å². The van der Waals surface area contributed by atoms with Gasteiger partial charge in [-0.1, -0.05) is 6.92 Å². The minimum absolute atomic E-state index is 0.275. The minimum atomic E-state index is 0.275. The molecule has 84 valence electrons. The average molecular weight is 208 g/mol. The fourth-order valence-corrected chi connectivity index (χ4v) is 1.22. The highest BCUT2D eigenvalue weighted by atomic mass is 15.0. The molecule has 1 aromatic rings. The molecule has 0 amide bonds. The highest BCUT2D eigenvalue weighted by molar-refractivity contribution is 5.33. The zero-order valence-electron chi connectivity index (χ0n) is 9.75. The van der Waals surface area contributed by atoms with E-state index in [9.17, 15) is 0 Å². The van der Waals surface area contributed by atoms with Crippen LogP contribution in [0.15, 0.2) is 6.20 Å². The molecule has 1 atom stereocenters. The Hall–Kier alpha value is -1.16. The van der Waals surface area contributed by atoms with Gasteiger partial charge in [0.25, 0.3) is 0 Å². The van der Waals surface area contributed by atoms with E-state index in [1.54, 1.807) is 6.20 Å². The molecule has 0 saturated heterocycles. The molecule has 3 N–H and O–H groups in total. The van der Waals surface area contributed by atoms with Gasteiger partial charge in [0.2, 0.25) is 0 Å².